The predicted octanol–water partition coefficient (Wildman–Crippen LogP) is 3.77. The van der Waals surface area contributed by atoms with E-state index in [1.54, 1.807) is 17.3 Å². The first-order chi connectivity index (χ1) is 10.5. The molecule has 0 saturated carbocycles. The van der Waals surface area contributed by atoms with Crippen LogP contribution in [0.5, 0.6) is 0 Å². The molecule has 1 atom stereocenters. The molecule has 1 rings (SSSR count). The van der Waals surface area contributed by atoms with Gasteiger partial charge in [-0.05, 0) is 66.2 Å². The van der Waals surface area contributed by atoms with E-state index in [0.29, 0.717) is 13.1 Å². The van der Waals surface area contributed by atoms with Gasteiger partial charge in [0, 0.05) is 37.1 Å². The standard InChI is InChI=1S/C18H31N3O2/c1-14(15-8-10-19-11-9-15)20-12-13-21(17(2,3)4)16(22)23-18(5,6)7/h8-11,14,20H,12-13H2,1-7H3/t14-/m0/s1. The first-order valence-electron chi connectivity index (χ1n) is 8.14. The maximum absolute atomic E-state index is 12.4. The van der Waals surface area contributed by atoms with Crippen molar-refractivity contribution in [1.29, 1.82) is 0 Å². The zero-order chi connectivity index (χ0) is 17.7. The number of ether oxygens (including phenoxy) is 1. The van der Waals surface area contributed by atoms with Gasteiger partial charge in [-0.1, -0.05) is 0 Å². The van der Waals surface area contributed by atoms with Crippen LogP contribution >= 0.6 is 0 Å². The van der Waals surface area contributed by atoms with Crippen LogP contribution in [0.3, 0.4) is 0 Å². The number of hydrogen-bond donors (Lipinski definition) is 1. The number of nitrogens with one attached hydrogen (secondary N) is 1. The normalized spacial score (nSPS) is 13.5. The van der Waals surface area contributed by atoms with Gasteiger partial charge in [-0.25, -0.2) is 4.79 Å². The maximum atomic E-state index is 12.4. The van der Waals surface area contributed by atoms with Crippen LogP contribution in [0.2, 0.25) is 0 Å². The molecule has 0 aliphatic rings. The number of carbonyl (C=O) groups excluding carboxylic acids is 1. The molecule has 1 heterocycles. The molecule has 0 radical (unpaired) electrons. The highest BCUT2D eigenvalue weighted by Crippen LogP contribution is 2.18. The SMILES string of the molecule is C[C@H](NCCN(C(=O)OC(C)(C)C)C(C)(C)C)c1ccncc1. The van der Waals surface area contributed by atoms with Crippen LogP contribution in [0.25, 0.3) is 0 Å². The first-order valence-corrected chi connectivity index (χ1v) is 8.14. The lowest BCUT2D eigenvalue weighted by atomic mass is 10.1. The molecule has 0 saturated heterocycles. The third-order valence-corrected chi connectivity index (χ3v) is 3.42. The molecule has 1 amide bonds. The lowest BCUT2D eigenvalue weighted by Crippen LogP contribution is -2.50. The summed E-state index contributed by atoms with van der Waals surface area (Å²) in [6.45, 7) is 15.1. The van der Waals surface area contributed by atoms with E-state index < -0.39 is 5.60 Å². The number of carbonyl (C=O) groups is 1. The summed E-state index contributed by atoms with van der Waals surface area (Å²) in [5.41, 5.74) is 0.405. The van der Waals surface area contributed by atoms with E-state index in [-0.39, 0.29) is 17.7 Å². The van der Waals surface area contributed by atoms with Gasteiger partial charge in [0.05, 0.1) is 0 Å². The molecule has 0 fully saturated rings. The molecule has 5 nitrogen and oxygen atoms in total. The van der Waals surface area contributed by atoms with Gasteiger partial charge in [-0.3, -0.25) is 4.98 Å². The van der Waals surface area contributed by atoms with E-state index in [0.717, 1.165) is 0 Å². The number of pyridine rings is 1. The number of rotatable bonds is 5. The van der Waals surface area contributed by atoms with Crippen molar-refractivity contribution in [3.63, 3.8) is 0 Å². The minimum absolute atomic E-state index is 0.207. The van der Waals surface area contributed by atoms with Gasteiger partial charge in [-0.2, -0.15) is 0 Å². The summed E-state index contributed by atoms with van der Waals surface area (Å²) < 4.78 is 5.52. The molecule has 0 bridgehead atoms. The van der Waals surface area contributed by atoms with Crippen LogP contribution in [0.15, 0.2) is 24.5 Å². The van der Waals surface area contributed by atoms with E-state index >= 15 is 0 Å². The topological polar surface area (TPSA) is 54.5 Å². The number of aromatic nitrogens is 1. The molecule has 1 N–H and O–H groups in total. The molecule has 0 aromatic carbocycles. The number of hydrogen-bond acceptors (Lipinski definition) is 4. The van der Waals surface area contributed by atoms with Crippen molar-refractivity contribution in [2.45, 2.75) is 65.6 Å². The molecule has 5 heteroatoms. The minimum atomic E-state index is -0.488. The molecule has 130 valence electrons. The summed E-state index contributed by atoms with van der Waals surface area (Å²) in [7, 11) is 0. The fraction of sp³-hybridized carbons (Fsp3) is 0.667. The fourth-order valence-electron chi connectivity index (χ4n) is 2.18. The van der Waals surface area contributed by atoms with E-state index in [4.69, 9.17) is 4.74 Å². The average Bonchev–Trinajstić information content (AvgIpc) is 2.40. The fourth-order valence-corrected chi connectivity index (χ4v) is 2.18. The Bertz CT molecular complexity index is 489. The third kappa shape index (κ3) is 6.99. The summed E-state index contributed by atoms with van der Waals surface area (Å²) in [4.78, 5) is 18.2. The van der Waals surface area contributed by atoms with Crippen molar-refractivity contribution in [2.75, 3.05) is 13.1 Å². The second-order valence-corrected chi connectivity index (χ2v) is 7.76. The molecule has 1 aromatic rings. The molecular formula is C18H31N3O2. The van der Waals surface area contributed by atoms with Crippen molar-refractivity contribution < 1.29 is 9.53 Å². The first kappa shape index (κ1) is 19.4. The Hall–Kier alpha value is -1.62. The Kier molecular flexibility index (Phi) is 6.57. The van der Waals surface area contributed by atoms with Crippen LogP contribution < -0.4 is 5.32 Å². The highest BCUT2D eigenvalue weighted by Gasteiger charge is 2.30. The maximum Gasteiger partial charge on any atom is 0.410 e. The summed E-state index contributed by atoms with van der Waals surface area (Å²) in [6.07, 6.45) is 3.30. The van der Waals surface area contributed by atoms with Crippen LogP contribution in [-0.2, 0) is 4.74 Å². The Morgan fingerprint density at radius 2 is 1.78 bits per heavy atom. The summed E-state index contributed by atoms with van der Waals surface area (Å²) >= 11 is 0. The molecular weight excluding hydrogens is 290 g/mol. The second-order valence-electron chi connectivity index (χ2n) is 7.76. The zero-order valence-corrected chi connectivity index (χ0v) is 15.5. The highest BCUT2D eigenvalue weighted by atomic mass is 16.6. The third-order valence-electron chi connectivity index (χ3n) is 3.42. The second kappa shape index (κ2) is 7.77. The lowest BCUT2D eigenvalue weighted by Gasteiger charge is -2.37. The van der Waals surface area contributed by atoms with Crippen LogP contribution in [0.1, 0.15) is 60.1 Å². The van der Waals surface area contributed by atoms with E-state index in [2.05, 4.69) is 17.2 Å². The summed E-state index contributed by atoms with van der Waals surface area (Å²) in [6, 6.07) is 4.19. The minimum Gasteiger partial charge on any atom is -0.444 e. The van der Waals surface area contributed by atoms with Crippen molar-refractivity contribution in [3.8, 4) is 0 Å². The Balaban J connectivity index is 2.60. The molecule has 0 spiro atoms. The molecule has 0 aliphatic carbocycles. The van der Waals surface area contributed by atoms with Crippen molar-refractivity contribution in [1.82, 2.24) is 15.2 Å². The number of amides is 1. The Morgan fingerprint density at radius 3 is 2.26 bits per heavy atom. The van der Waals surface area contributed by atoms with Crippen molar-refractivity contribution in [3.05, 3.63) is 30.1 Å². The van der Waals surface area contributed by atoms with E-state index in [1.807, 2.05) is 53.7 Å². The number of nitrogens with zero attached hydrogens (tertiary/aromatic N) is 2. The Morgan fingerprint density at radius 1 is 1.22 bits per heavy atom. The van der Waals surface area contributed by atoms with E-state index in [1.165, 1.54) is 5.56 Å². The molecule has 0 unspecified atom stereocenters. The quantitative estimate of drug-likeness (QED) is 0.897. The van der Waals surface area contributed by atoms with Gasteiger partial charge in [0.15, 0.2) is 0 Å². The van der Waals surface area contributed by atoms with Crippen LogP contribution in [0, 0.1) is 0 Å². The largest absolute Gasteiger partial charge is 0.444 e. The smallest absolute Gasteiger partial charge is 0.410 e. The average molecular weight is 321 g/mol. The lowest BCUT2D eigenvalue weighted by molar-refractivity contribution is 0.00649. The molecule has 0 aliphatic heterocycles. The van der Waals surface area contributed by atoms with E-state index in [9.17, 15) is 4.79 Å². The van der Waals surface area contributed by atoms with Crippen LogP contribution in [-0.4, -0.2) is 40.2 Å². The van der Waals surface area contributed by atoms with Gasteiger partial charge in [-0.15, -0.1) is 0 Å². The monoisotopic (exact) mass is 321 g/mol. The van der Waals surface area contributed by atoms with Crippen molar-refractivity contribution >= 4 is 6.09 Å². The van der Waals surface area contributed by atoms with Gasteiger partial charge in [0.2, 0.25) is 0 Å². The van der Waals surface area contributed by atoms with Gasteiger partial charge in [0.1, 0.15) is 5.60 Å². The van der Waals surface area contributed by atoms with Gasteiger partial charge >= 0.3 is 6.09 Å². The van der Waals surface area contributed by atoms with Crippen LogP contribution in [0.4, 0.5) is 4.79 Å². The Labute approximate surface area is 140 Å². The summed E-state index contributed by atoms with van der Waals surface area (Å²) in [5.74, 6) is 0. The molecule has 23 heavy (non-hydrogen) atoms. The van der Waals surface area contributed by atoms with Gasteiger partial charge in [0.25, 0.3) is 0 Å². The molecule has 1 aromatic heterocycles. The predicted molar refractivity (Wildman–Crippen MR) is 93.3 cm³/mol. The van der Waals surface area contributed by atoms with Crippen molar-refractivity contribution in [2.24, 2.45) is 0 Å². The zero-order valence-electron chi connectivity index (χ0n) is 15.5. The van der Waals surface area contributed by atoms with Gasteiger partial charge < -0.3 is 15.0 Å². The highest BCUT2D eigenvalue weighted by molar-refractivity contribution is 5.69. The summed E-state index contributed by atoms with van der Waals surface area (Å²) in [5, 5.41) is 3.44.